The van der Waals surface area contributed by atoms with Crippen molar-refractivity contribution in [3.8, 4) is 0 Å². The van der Waals surface area contributed by atoms with Crippen LogP contribution < -0.4 is 5.73 Å². The lowest BCUT2D eigenvalue weighted by atomic mass is 9.85. The van der Waals surface area contributed by atoms with Crippen LogP contribution in [0.1, 0.15) is 18.5 Å². The fourth-order valence-corrected chi connectivity index (χ4v) is 2.22. The normalized spacial score (nSPS) is 19.5. The molecule has 19 heavy (non-hydrogen) atoms. The molecule has 0 spiro atoms. The van der Waals surface area contributed by atoms with Crippen LogP contribution in [0, 0.1) is 0 Å². The zero-order chi connectivity index (χ0) is 14.3. The van der Waals surface area contributed by atoms with E-state index < -0.39 is 17.6 Å². The number of nitrogens with two attached hydrogens (primary N) is 1. The average molecular weight is 276 g/mol. The van der Waals surface area contributed by atoms with Crippen molar-refractivity contribution in [1.82, 2.24) is 14.7 Å². The highest BCUT2D eigenvalue weighted by atomic mass is 19.4. The lowest BCUT2D eigenvalue weighted by Gasteiger charge is -2.38. The van der Waals surface area contributed by atoms with Crippen LogP contribution in [0.4, 0.5) is 13.2 Å². The average Bonchev–Trinajstić information content (AvgIpc) is 2.76. The topological polar surface area (TPSA) is 64.2 Å². The van der Waals surface area contributed by atoms with Crippen molar-refractivity contribution in [3.63, 3.8) is 0 Å². The molecule has 106 valence electrons. The SMILES string of the molecule is Cn1ccc(C2(N)CCN(C(=O)C(F)(F)F)CC2)n1. The number of halogens is 3. The molecule has 1 saturated heterocycles. The number of aryl methyl sites for hydroxylation is 1. The van der Waals surface area contributed by atoms with E-state index in [1.165, 1.54) is 0 Å². The van der Waals surface area contributed by atoms with Gasteiger partial charge in [-0.2, -0.15) is 18.3 Å². The molecule has 1 aromatic heterocycles. The van der Waals surface area contributed by atoms with Gasteiger partial charge in [-0.3, -0.25) is 9.48 Å². The van der Waals surface area contributed by atoms with Gasteiger partial charge in [-0.1, -0.05) is 0 Å². The minimum absolute atomic E-state index is 0.00851. The van der Waals surface area contributed by atoms with Gasteiger partial charge in [-0.25, -0.2) is 0 Å². The van der Waals surface area contributed by atoms with Crippen LogP contribution in [0.5, 0.6) is 0 Å². The van der Waals surface area contributed by atoms with E-state index in [0.717, 1.165) is 4.90 Å². The summed E-state index contributed by atoms with van der Waals surface area (Å²) in [6.45, 7) is -0.0170. The van der Waals surface area contributed by atoms with Crippen molar-refractivity contribution in [2.75, 3.05) is 13.1 Å². The molecular weight excluding hydrogens is 261 g/mol. The van der Waals surface area contributed by atoms with Crippen LogP contribution in [0.25, 0.3) is 0 Å². The number of piperidine rings is 1. The van der Waals surface area contributed by atoms with E-state index in [-0.39, 0.29) is 25.9 Å². The molecule has 1 aliphatic rings. The van der Waals surface area contributed by atoms with Gasteiger partial charge in [-0.15, -0.1) is 0 Å². The summed E-state index contributed by atoms with van der Waals surface area (Å²) in [5, 5.41) is 4.19. The van der Waals surface area contributed by atoms with Crippen molar-refractivity contribution >= 4 is 5.91 Å². The predicted octanol–water partition coefficient (Wildman–Crippen LogP) is 0.759. The van der Waals surface area contributed by atoms with Gasteiger partial charge >= 0.3 is 12.1 Å². The maximum absolute atomic E-state index is 12.3. The molecule has 2 rings (SSSR count). The van der Waals surface area contributed by atoms with E-state index in [2.05, 4.69) is 5.10 Å². The van der Waals surface area contributed by atoms with Crippen molar-refractivity contribution in [2.24, 2.45) is 12.8 Å². The van der Waals surface area contributed by atoms with E-state index in [4.69, 9.17) is 5.73 Å². The van der Waals surface area contributed by atoms with Gasteiger partial charge in [0.25, 0.3) is 0 Å². The summed E-state index contributed by atoms with van der Waals surface area (Å²) < 4.78 is 38.5. The highest BCUT2D eigenvalue weighted by Gasteiger charge is 2.45. The number of carbonyl (C=O) groups excluding carboxylic acids is 1. The van der Waals surface area contributed by atoms with Crippen LogP contribution in [-0.4, -0.2) is 39.9 Å². The minimum Gasteiger partial charge on any atom is -0.335 e. The summed E-state index contributed by atoms with van der Waals surface area (Å²) in [6.07, 6.45) is -2.55. The first-order valence-electron chi connectivity index (χ1n) is 5.87. The Morgan fingerprint density at radius 1 is 1.42 bits per heavy atom. The zero-order valence-electron chi connectivity index (χ0n) is 10.4. The third kappa shape index (κ3) is 2.73. The molecule has 2 heterocycles. The minimum atomic E-state index is -4.82. The molecule has 5 nitrogen and oxygen atoms in total. The standard InChI is InChI=1S/C11H15F3N4O/c1-17-5-2-8(16-17)10(15)3-6-18(7-4-10)9(19)11(12,13)14/h2,5H,3-4,6-7,15H2,1H3. The van der Waals surface area contributed by atoms with E-state index in [1.54, 1.807) is 24.0 Å². The number of alkyl halides is 3. The van der Waals surface area contributed by atoms with E-state index in [0.29, 0.717) is 5.69 Å². The molecule has 1 aliphatic heterocycles. The molecule has 1 aromatic rings. The van der Waals surface area contributed by atoms with Crippen LogP contribution in [0.2, 0.25) is 0 Å². The molecule has 1 fully saturated rings. The Hall–Kier alpha value is -1.57. The third-order valence-corrected chi connectivity index (χ3v) is 3.41. The third-order valence-electron chi connectivity index (χ3n) is 3.41. The summed E-state index contributed by atoms with van der Waals surface area (Å²) >= 11 is 0. The number of hydrogen-bond donors (Lipinski definition) is 1. The quantitative estimate of drug-likeness (QED) is 0.823. The molecule has 0 aliphatic carbocycles. The van der Waals surface area contributed by atoms with Crippen LogP contribution in [0.3, 0.4) is 0 Å². The second-order valence-electron chi connectivity index (χ2n) is 4.82. The first-order valence-corrected chi connectivity index (χ1v) is 5.87. The van der Waals surface area contributed by atoms with Gasteiger partial charge in [0.1, 0.15) is 0 Å². The Morgan fingerprint density at radius 3 is 2.42 bits per heavy atom. The summed E-state index contributed by atoms with van der Waals surface area (Å²) in [4.78, 5) is 11.9. The fourth-order valence-electron chi connectivity index (χ4n) is 2.22. The lowest BCUT2D eigenvalue weighted by Crippen LogP contribution is -2.52. The molecule has 0 saturated carbocycles. The van der Waals surface area contributed by atoms with Crippen LogP contribution in [-0.2, 0) is 17.4 Å². The van der Waals surface area contributed by atoms with Gasteiger partial charge in [0, 0.05) is 26.3 Å². The maximum Gasteiger partial charge on any atom is 0.471 e. The van der Waals surface area contributed by atoms with E-state index in [1.807, 2.05) is 0 Å². The first-order chi connectivity index (χ1) is 8.72. The second-order valence-corrected chi connectivity index (χ2v) is 4.82. The van der Waals surface area contributed by atoms with E-state index in [9.17, 15) is 18.0 Å². The molecule has 0 radical (unpaired) electrons. The lowest BCUT2D eigenvalue weighted by molar-refractivity contribution is -0.187. The molecule has 0 unspecified atom stereocenters. The summed E-state index contributed by atoms with van der Waals surface area (Å²) in [5.41, 5.74) is 6.06. The number of amides is 1. The molecule has 0 aromatic carbocycles. The van der Waals surface area contributed by atoms with Crippen molar-refractivity contribution in [3.05, 3.63) is 18.0 Å². The van der Waals surface area contributed by atoms with Gasteiger partial charge < -0.3 is 10.6 Å². The number of rotatable bonds is 1. The monoisotopic (exact) mass is 276 g/mol. The summed E-state index contributed by atoms with van der Waals surface area (Å²) in [7, 11) is 1.75. The molecule has 0 bridgehead atoms. The number of nitrogens with zero attached hydrogens (tertiary/aromatic N) is 3. The number of aromatic nitrogens is 2. The Kier molecular flexibility index (Phi) is 3.29. The van der Waals surface area contributed by atoms with Crippen molar-refractivity contribution in [1.29, 1.82) is 0 Å². The van der Waals surface area contributed by atoms with Crippen LogP contribution in [0.15, 0.2) is 12.3 Å². The maximum atomic E-state index is 12.3. The molecule has 8 heteroatoms. The number of hydrogen-bond acceptors (Lipinski definition) is 3. The van der Waals surface area contributed by atoms with Crippen molar-refractivity contribution in [2.45, 2.75) is 24.6 Å². The molecular formula is C11H15F3N4O. The second kappa shape index (κ2) is 4.52. The Labute approximate surface area is 108 Å². The Balaban J connectivity index is 2.05. The first kappa shape index (κ1) is 13.9. The predicted molar refractivity (Wildman–Crippen MR) is 60.9 cm³/mol. The largest absolute Gasteiger partial charge is 0.471 e. The van der Waals surface area contributed by atoms with Crippen LogP contribution >= 0.6 is 0 Å². The Morgan fingerprint density at radius 2 is 2.00 bits per heavy atom. The fraction of sp³-hybridized carbons (Fsp3) is 0.636. The van der Waals surface area contributed by atoms with Gasteiger partial charge in [-0.05, 0) is 18.9 Å². The Bertz CT molecular complexity index is 475. The number of carbonyl (C=O) groups is 1. The van der Waals surface area contributed by atoms with E-state index >= 15 is 0 Å². The molecule has 0 atom stereocenters. The summed E-state index contributed by atoms with van der Waals surface area (Å²) in [6, 6.07) is 1.75. The molecule has 1 amide bonds. The highest BCUT2D eigenvalue weighted by molar-refractivity contribution is 5.81. The van der Waals surface area contributed by atoms with Gasteiger partial charge in [0.2, 0.25) is 0 Å². The number of likely N-dealkylation sites (tertiary alicyclic amines) is 1. The van der Waals surface area contributed by atoms with Crippen molar-refractivity contribution < 1.29 is 18.0 Å². The molecule has 2 N–H and O–H groups in total. The smallest absolute Gasteiger partial charge is 0.335 e. The van der Waals surface area contributed by atoms with Gasteiger partial charge in [0.15, 0.2) is 0 Å². The zero-order valence-corrected chi connectivity index (χ0v) is 10.4. The summed E-state index contributed by atoms with van der Waals surface area (Å²) in [5.74, 6) is -1.80. The van der Waals surface area contributed by atoms with Gasteiger partial charge in [0.05, 0.1) is 11.2 Å². The highest BCUT2D eigenvalue weighted by Crippen LogP contribution is 2.31.